The Kier molecular flexibility index (Phi) is 7.10. The van der Waals surface area contributed by atoms with Gasteiger partial charge < -0.3 is 15.0 Å². The molecule has 14 heteroatoms. The molecule has 158 valence electrons. The Morgan fingerprint density at radius 1 is 1.32 bits per heavy atom. The molecule has 31 heavy (non-hydrogen) atoms. The number of halogens is 3. The minimum Gasteiger partial charge on any atom is -0.394 e. The smallest absolute Gasteiger partial charge is 0.277 e. The molecule has 0 saturated heterocycles. The third-order valence-electron chi connectivity index (χ3n) is 4.61. The van der Waals surface area contributed by atoms with Crippen molar-refractivity contribution in [2.75, 3.05) is 18.5 Å². The lowest BCUT2D eigenvalue weighted by Crippen LogP contribution is -2.34. The van der Waals surface area contributed by atoms with Gasteiger partial charge in [-0.15, -0.1) is 0 Å². The number of rotatable bonds is 7. The van der Waals surface area contributed by atoms with Crippen LogP contribution in [0.3, 0.4) is 0 Å². The molecule has 0 fully saturated rings. The van der Waals surface area contributed by atoms with Crippen molar-refractivity contribution in [2.24, 2.45) is 0 Å². The molecule has 7 nitrogen and oxygen atoms in total. The average molecular weight is 505 g/mol. The number of aliphatic hydroxyl groups is 1. The first-order valence-corrected chi connectivity index (χ1v) is 10.7. The predicted octanol–water partition coefficient (Wildman–Crippen LogP) is -1.29. The SMILES string of the molecule is Bc1cc(Br)cc(Cl)c1Nc1c(C(=O)NOCCO)cc2c(ncn2C(B)(B)B)c1F. The van der Waals surface area contributed by atoms with Crippen LogP contribution < -0.4 is 16.3 Å². The van der Waals surface area contributed by atoms with Crippen molar-refractivity contribution in [3.05, 3.63) is 45.4 Å². The van der Waals surface area contributed by atoms with Crippen LogP contribution in [-0.4, -0.2) is 65.2 Å². The van der Waals surface area contributed by atoms with Gasteiger partial charge in [0.25, 0.3) is 5.91 Å². The molecule has 0 atom stereocenters. The fourth-order valence-corrected chi connectivity index (χ4v) is 4.17. The fraction of sp³-hybridized carbons (Fsp3) is 0.176. The molecular weight excluding hydrogens is 486 g/mol. The monoisotopic (exact) mass is 504 g/mol. The van der Waals surface area contributed by atoms with E-state index in [0.717, 1.165) is 9.94 Å². The Morgan fingerprint density at radius 3 is 2.65 bits per heavy atom. The molecule has 3 N–H and O–H groups in total. The van der Waals surface area contributed by atoms with Gasteiger partial charge in [0.1, 0.15) is 36.9 Å². The molecule has 0 aliphatic rings. The van der Waals surface area contributed by atoms with Gasteiger partial charge in [-0.05, 0) is 17.4 Å². The van der Waals surface area contributed by atoms with E-state index in [4.69, 9.17) is 21.5 Å². The first kappa shape index (κ1) is 23.7. The molecular formula is C17H19B4BrClFN4O3. The lowest BCUT2D eigenvalue weighted by Gasteiger charge is -2.23. The van der Waals surface area contributed by atoms with E-state index < -0.39 is 11.7 Å². The van der Waals surface area contributed by atoms with Gasteiger partial charge in [0.2, 0.25) is 0 Å². The van der Waals surface area contributed by atoms with Crippen molar-refractivity contribution in [1.82, 2.24) is 15.0 Å². The van der Waals surface area contributed by atoms with Crippen molar-refractivity contribution < 1.29 is 19.1 Å². The maximum absolute atomic E-state index is 15.7. The van der Waals surface area contributed by atoms with E-state index in [0.29, 0.717) is 16.2 Å². The number of carbonyl (C=O) groups is 1. The van der Waals surface area contributed by atoms with Gasteiger partial charge in [0.15, 0.2) is 5.82 Å². The number of imidazole rings is 1. The highest BCUT2D eigenvalue weighted by Gasteiger charge is 2.25. The van der Waals surface area contributed by atoms with Gasteiger partial charge in [-0.1, -0.05) is 39.1 Å². The van der Waals surface area contributed by atoms with Crippen LogP contribution in [0.15, 0.2) is 29.0 Å². The van der Waals surface area contributed by atoms with Crippen LogP contribution in [-0.2, 0) is 10.1 Å². The first-order valence-electron chi connectivity index (χ1n) is 9.50. The summed E-state index contributed by atoms with van der Waals surface area (Å²) in [6.45, 7) is -0.375. The molecule has 2 aromatic carbocycles. The number of hydrogen-bond donors (Lipinski definition) is 3. The third-order valence-corrected chi connectivity index (χ3v) is 5.37. The van der Waals surface area contributed by atoms with E-state index in [9.17, 15) is 4.79 Å². The second kappa shape index (κ2) is 9.28. The molecule has 0 saturated carbocycles. The van der Waals surface area contributed by atoms with Crippen molar-refractivity contribution in [1.29, 1.82) is 0 Å². The number of hydroxylamine groups is 1. The highest BCUT2D eigenvalue weighted by atomic mass is 79.9. The summed E-state index contributed by atoms with van der Waals surface area (Å²) in [7, 11) is 7.67. The molecule has 0 radical (unpaired) electrons. The standard InChI is InChI=1S/C17H19B4BrClFN4O3/c18-9-3-7(22)4-10(23)14(9)26-13-8(16(30)27-31-2-1-29)5-11-15(12(13)24)25-6-28(11)17(19,20)21/h3-6,26,29H,1-2,18-21H2,(H,27,30). The highest BCUT2D eigenvalue weighted by Crippen LogP contribution is 2.34. The Labute approximate surface area is 195 Å². The topological polar surface area (TPSA) is 88.4 Å². The van der Waals surface area contributed by atoms with Crippen LogP contribution >= 0.6 is 27.5 Å². The Bertz CT molecular complexity index is 1140. The summed E-state index contributed by atoms with van der Waals surface area (Å²) in [6, 6.07) is 5.05. The summed E-state index contributed by atoms with van der Waals surface area (Å²) in [6.07, 6.45) is 1.54. The van der Waals surface area contributed by atoms with Crippen LogP contribution in [0, 0.1) is 5.82 Å². The number of anilines is 2. The van der Waals surface area contributed by atoms with Crippen molar-refractivity contribution in [2.45, 2.75) is 5.24 Å². The number of nitrogens with zero attached hydrogens (tertiary/aromatic N) is 2. The van der Waals surface area contributed by atoms with E-state index in [-0.39, 0.29) is 35.2 Å². The number of fused-ring (bicyclic) bond motifs is 1. The molecule has 0 spiro atoms. The third kappa shape index (κ3) is 4.95. The second-order valence-corrected chi connectivity index (χ2v) is 9.30. The maximum atomic E-state index is 15.7. The molecule has 3 rings (SSSR count). The summed E-state index contributed by atoms with van der Waals surface area (Å²) < 4.78 is 18.2. The van der Waals surface area contributed by atoms with Gasteiger partial charge >= 0.3 is 0 Å². The molecule has 0 aliphatic heterocycles. The summed E-state index contributed by atoms with van der Waals surface area (Å²) in [5, 5.41) is 11.8. The summed E-state index contributed by atoms with van der Waals surface area (Å²) >= 11 is 9.74. The van der Waals surface area contributed by atoms with E-state index in [1.165, 1.54) is 0 Å². The molecule has 0 unspecified atom stereocenters. The van der Waals surface area contributed by atoms with Crippen molar-refractivity contribution >= 4 is 92.7 Å². The van der Waals surface area contributed by atoms with Crippen LogP contribution in [0.25, 0.3) is 11.0 Å². The number of nitrogens with one attached hydrogen (secondary N) is 2. The van der Waals surface area contributed by atoms with Gasteiger partial charge in [0.05, 0.1) is 47.0 Å². The Balaban J connectivity index is 2.20. The zero-order valence-electron chi connectivity index (χ0n) is 17.5. The van der Waals surface area contributed by atoms with E-state index in [2.05, 4.69) is 31.7 Å². The second-order valence-electron chi connectivity index (χ2n) is 7.97. The van der Waals surface area contributed by atoms with Crippen LogP contribution in [0.5, 0.6) is 0 Å². The van der Waals surface area contributed by atoms with Gasteiger partial charge in [-0.3, -0.25) is 9.63 Å². The Morgan fingerprint density at radius 2 is 2.03 bits per heavy atom. The Hall–Kier alpha value is -1.94. The molecule has 0 bridgehead atoms. The highest BCUT2D eigenvalue weighted by molar-refractivity contribution is 9.10. The largest absolute Gasteiger partial charge is 0.394 e. The fourth-order valence-electron chi connectivity index (χ4n) is 3.15. The van der Waals surface area contributed by atoms with Crippen LogP contribution in [0.1, 0.15) is 10.4 Å². The summed E-state index contributed by atoms with van der Waals surface area (Å²) in [5.41, 5.74) is 3.95. The molecule has 3 aromatic rings. The van der Waals surface area contributed by atoms with Crippen molar-refractivity contribution in [3.8, 4) is 0 Å². The van der Waals surface area contributed by atoms with Crippen LogP contribution in [0.4, 0.5) is 15.8 Å². The summed E-state index contributed by atoms with van der Waals surface area (Å²) in [4.78, 5) is 22.0. The quantitative estimate of drug-likeness (QED) is 0.212. The van der Waals surface area contributed by atoms with Crippen LogP contribution in [0.2, 0.25) is 5.02 Å². The molecule has 1 heterocycles. The summed E-state index contributed by atoms with van der Waals surface area (Å²) in [5.74, 6) is -1.37. The van der Waals surface area contributed by atoms with Crippen molar-refractivity contribution in [3.63, 3.8) is 0 Å². The molecule has 0 aliphatic carbocycles. The van der Waals surface area contributed by atoms with E-state index >= 15 is 4.39 Å². The number of aromatic nitrogens is 2. The lowest BCUT2D eigenvalue weighted by molar-refractivity contribution is 0.0169. The molecule has 1 amide bonds. The van der Waals surface area contributed by atoms with E-state index in [1.54, 1.807) is 23.0 Å². The first-order chi connectivity index (χ1) is 14.5. The average Bonchev–Trinajstić information content (AvgIpc) is 3.10. The van der Waals surface area contributed by atoms with Gasteiger partial charge in [-0.25, -0.2) is 14.9 Å². The maximum Gasteiger partial charge on any atom is 0.277 e. The van der Waals surface area contributed by atoms with Gasteiger partial charge in [-0.2, -0.15) is 0 Å². The normalized spacial score (nSPS) is 11.6. The molecule has 1 aromatic heterocycles. The van der Waals surface area contributed by atoms with E-state index in [1.807, 2.05) is 37.5 Å². The lowest BCUT2D eigenvalue weighted by atomic mass is 9.49. The number of carbonyl (C=O) groups excluding carboxylic acids is 1. The van der Waals surface area contributed by atoms with Gasteiger partial charge in [0, 0.05) is 4.47 Å². The number of hydrogen-bond acceptors (Lipinski definition) is 5. The predicted molar refractivity (Wildman–Crippen MR) is 134 cm³/mol. The minimum atomic E-state index is -0.689. The number of amides is 1. The number of aliphatic hydroxyl groups excluding tert-OH is 1. The zero-order chi connectivity index (χ0) is 22.9. The zero-order valence-corrected chi connectivity index (χ0v) is 19.9. The number of benzene rings is 2. The minimum absolute atomic E-state index is 0.00678.